The monoisotopic (exact) mass is 581 g/mol. The molecule has 1 aromatic carbocycles. The van der Waals surface area contributed by atoms with Crippen molar-refractivity contribution in [1.82, 2.24) is 24.1 Å². The molecule has 1 aliphatic rings. The molecule has 0 saturated heterocycles. The minimum atomic E-state index is -1.33. The lowest BCUT2D eigenvalue weighted by Crippen LogP contribution is -2.55. The minimum Gasteiger partial charge on any atom is -0.453 e. The van der Waals surface area contributed by atoms with Crippen molar-refractivity contribution in [2.75, 3.05) is 10.2 Å². The van der Waals surface area contributed by atoms with E-state index in [9.17, 15) is 18.8 Å². The van der Waals surface area contributed by atoms with Crippen LogP contribution in [0.3, 0.4) is 0 Å². The molecule has 4 aromatic heterocycles. The molecule has 43 heavy (non-hydrogen) atoms. The molecule has 0 saturated carbocycles. The van der Waals surface area contributed by atoms with Crippen LogP contribution in [0.25, 0.3) is 16.8 Å². The molecule has 0 bridgehead atoms. The van der Waals surface area contributed by atoms with Crippen LogP contribution in [0.2, 0.25) is 0 Å². The second-order valence-corrected chi connectivity index (χ2v) is 10.2. The molecule has 216 valence electrons. The Bertz CT molecular complexity index is 1890. The van der Waals surface area contributed by atoms with Gasteiger partial charge in [0.2, 0.25) is 5.91 Å². The highest BCUT2D eigenvalue weighted by Gasteiger charge is 2.48. The minimum absolute atomic E-state index is 0.159. The summed E-state index contributed by atoms with van der Waals surface area (Å²) in [5.41, 5.74) is 2.46. The summed E-state index contributed by atoms with van der Waals surface area (Å²) < 4.78 is 24.5. The van der Waals surface area contributed by atoms with E-state index in [0.717, 1.165) is 33.8 Å². The predicted molar refractivity (Wildman–Crippen MR) is 155 cm³/mol. The van der Waals surface area contributed by atoms with Gasteiger partial charge in [0, 0.05) is 25.0 Å². The fourth-order valence-electron chi connectivity index (χ4n) is 4.66. The summed E-state index contributed by atoms with van der Waals surface area (Å²) in [4.78, 5) is 49.3. The van der Waals surface area contributed by atoms with Crippen LogP contribution in [-0.4, -0.2) is 58.8 Å². The molecule has 0 fully saturated rings. The van der Waals surface area contributed by atoms with Gasteiger partial charge < -0.3 is 14.6 Å². The van der Waals surface area contributed by atoms with Crippen LogP contribution < -0.4 is 15.0 Å². The van der Waals surface area contributed by atoms with Gasteiger partial charge in [-0.05, 0) is 62.4 Å². The van der Waals surface area contributed by atoms with E-state index >= 15 is 0 Å². The zero-order valence-electron chi connectivity index (χ0n) is 23.4. The number of fused-ring (bicyclic) bond motifs is 1. The number of aromatic nitrogens is 5. The number of ether oxygens (including phenoxy) is 1. The number of carbonyl (C=O) groups is 3. The number of pyridine rings is 2. The number of nitrogens with zero attached hydrogens (tertiary/aromatic N) is 7. The molecule has 0 radical (unpaired) electrons. The number of hydrogen-bond acceptors (Lipinski definition) is 7. The molecule has 5 aromatic rings. The lowest BCUT2D eigenvalue weighted by Gasteiger charge is -2.24. The second-order valence-electron chi connectivity index (χ2n) is 10.2. The van der Waals surface area contributed by atoms with Gasteiger partial charge in [0.1, 0.15) is 28.6 Å². The third-order valence-corrected chi connectivity index (χ3v) is 6.82. The average molecular weight is 582 g/mol. The molecule has 4 amide bonds. The van der Waals surface area contributed by atoms with Crippen molar-refractivity contribution >= 4 is 41.1 Å². The van der Waals surface area contributed by atoms with Crippen molar-refractivity contribution in [1.29, 1.82) is 0 Å². The number of imidazole rings is 1. The highest BCUT2D eigenvalue weighted by molar-refractivity contribution is 6.28. The van der Waals surface area contributed by atoms with E-state index < -0.39 is 29.6 Å². The third-order valence-electron chi connectivity index (χ3n) is 6.82. The number of carbonyl (C=O) groups excluding carboxylic acids is 3. The lowest BCUT2D eigenvalue weighted by atomic mass is 10.1. The zero-order chi connectivity index (χ0) is 30.2. The maximum Gasteiger partial charge on any atom is 0.505 e. The van der Waals surface area contributed by atoms with Crippen molar-refractivity contribution in [2.45, 2.75) is 19.9 Å². The van der Waals surface area contributed by atoms with Gasteiger partial charge in [0.25, 0.3) is 0 Å². The molecule has 1 aliphatic heterocycles. The molecule has 12 nitrogen and oxygen atoms in total. The summed E-state index contributed by atoms with van der Waals surface area (Å²) in [6.07, 6.45) is 9.85. The maximum absolute atomic E-state index is 13.5. The van der Waals surface area contributed by atoms with Crippen molar-refractivity contribution in [3.05, 3.63) is 85.5 Å². The zero-order valence-corrected chi connectivity index (χ0v) is 23.4. The Kier molecular flexibility index (Phi) is 6.98. The first-order chi connectivity index (χ1) is 20.7. The topological polar surface area (TPSA) is 127 Å². The molecule has 5 heterocycles. The molecule has 1 unspecified atom stereocenters. The molecule has 1 atom stereocenters. The highest BCUT2D eigenvalue weighted by atomic mass is 19.1. The third kappa shape index (κ3) is 5.35. The quantitative estimate of drug-likeness (QED) is 0.225. The number of halogens is 1. The van der Waals surface area contributed by atoms with Gasteiger partial charge >= 0.3 is 11.9 Å². The smallest absolute Gasteiger partial charge is 0.453 e. The van der Waals surface area contributed by atoms with Crippen LogP contribution >= 0.6 is 0 Å². The molecular formula is C30H26FN8O4+. The average Bonchev–Trinajstić information content (AvgIpc) is 3.64. The van der Waals surface area contributed by atoms with E-state index in [4.69, 9.17) is 4.74 Å². The van der Waals surface area contributed by atoms with Gasteiger partial charge in [-0.1, -0.05) is 0 Å². The molecule has 13 heteroatoms. The Morgan fingerprint density at radius 3 is 2.53 bits per heavy atom. The van der Waals surface area contributed by atoms with Crippen molar-refractivity contribution in [2.24, 2.45) is 13.0 Å². The number of imide groups is 1. The van der Waals surface area contributed by atoms with E-state index in [0.29, 0.717) is 11.5 Å². The summed E-state index contributed by atoms with van der Waals surface area (Å²) in [5.74, 6) is -2.18. The summed E-state index contributed by atoms with van der Waals surface area (Å²) in [6.45, 7) is 3.51. The number of urea groups is 1. The largest absolute Gasteiger partial charge is 0.505 e. The molecule has 6 rings (SSSR count). The fourth-order valence-corrected chi connectivity index (χ4v) is 4.66. The van der Waals surface area contributed by atoms with E-state index in [-0.39, 0.29) is 17.5 Å². The van der Waals surface area contributed by atoms with Gasteiger partial charge in [-0.3, -0.25) is 4.79 Å². The molecule has 0 spiro atoms. The predicted octanol–water partition coefficient (Wildman–Crippen LogP) is 4.27. The summed E-state index contributed by atoms with van der Waals surface area (Å²) in [6, 6.07) is 10.8. The Morgan fingerprint density at radius 1 is 1.07 bits per heavy atom. The van der Waals surface area contributed by atoms with Crippen LogP contribution in [0.5, 0.6) is 11.5 Å². The highest BCUT2D eigenvalue weighted by Crippen LogP contribution is 2.31. The number of nitrogens with one attached hydrogen (secondary N) is 1. The van der Waals surface area contributed by atoms with Crippen molar-refractivity contribution in [3.63, 3.8) is 0 Å². The SMILES string of the molecule is CC(C)[N+]1=CC(C(=O)Nc2ccc(Oc3cc(-c4cn(C)cn4)cn4nccc34)cn2)C(=O)N(c2ccc(F)cc2)C1=O. The summed E-state index contributed by atoms with van der Waals surface area (Å²) >= 11 is 0. The molecule has 1 N–H and O–H groups in total. The number of anilines is 2. The summed E-state index contributed by atoms with van der Waals surface area (Å²) in [7, 11) is 1.88. The van der Waals surface area contributed by atoms with E-state index in [1.54, 1.807) is 43.0 Å². The van der Waals surface area contributed by atoms with E-state index in [2.05, 4.69) is 20.4 Å². The maximum atomic E-state index is 13.5. The summed E-state index contributed by atoms with van der Waals surface area (Å²) in [5, 5.41) is 6.96. The number of rotatable bonds is 7. The van der Waals surface area contributed by atoms with Crippen LogP contribution in [0.1, 0.15) is 13.8 Å². The van der Waals surface area contributed by atoms with Crippen LogP contribution in [0, 0.1) is 11.7 Å². The van der Waals surface area contributed by atoms with Crippen molar-refractivity contribution in [3.8, 4) is 22.8 Å². The van der Waals surface area contributed by atoms with Crippen LogP contribution in [-0.2, 0) is 16.6 Å². The number of aryl methyl sites for hydroxylation is 1. The van der Waals surface area contributed by atoms with Gasteiger partial charge in [-0.25, -0.2) is 23.7 Å². The lowest BCUT2D eigenvalue weighted by molar-refractivity contribution is -0.459. The molecule has 0 aliphatic carbocycles. The Hall–Kier alpha value is -5.72. The van der Waals surface area contributed by atoms with E-state index in [1.807, 2.05) is 36.1 Å². The van der Waals surface area contributed by atoms with Gasteiger partial charge in [0.15, 0.2) is 11.7 Å². The Morgan fingerprint density at radius 2 is 1.86 bits per heavy atom. The normalized spacial score (nSPS) is 15.2. The van der Waals surface area contributed by atoms with Crippen LogP contribution in [0.15, 0.2) is 79.6 Å². The Balaban J connectivity index is 1.22. The first kappa shape index (κ1) is 27.4. The first-order valence-corrected chi connectivity index (χ1v) is 13.4. The molecular weight excluding hydrogens is 555 g/mol. The van der Waals surface area contributed by atoms with Crippen molar-refractivity contribution < 1.29 is 28.1 Å². The second kappa shape index (κ2) is 10.9. The number of benzene rings is 1. The Labute approximate surface area is 244 Å². The first-order valence-electron chi connectivity index (χ1n) is 13.4. The van der Waals surface area contributed by atoms with Gasteiger partial charge in [-0.15, -0.1) is 4.90 Å². The van der Waals surface area contributed by atoms with Gasteiger partial charge in [0.05, 0.1) is 36.7 Å². The van der Waals surface area contributed by atoms with Gasteiger partial charge in [-0.2, -0.15) is 14.5 Å². The standard InChI is InChI=1S/C30H25FN8O4/c1-18(2)37-15-23(29(41)39(30(37)42)21-6-4-20(31)5-7-21)28(40)35-27-9-8-22(13-32-27)43-26-12-19(24-16-36(3)17-33-24)14-38-25(26)10-11-34-38/h4-18,23H,1-3H3/p+1. The fraction of sp³-hybridized carbons (Fsp3) is 0.167. The number of amides is 4. The number of hydrogen-bond donors (Lipinski definition) is 1. The van der Waals surface area contributed by atoms with Crippen LogP contribution in [0.4, 0.5) is 20.7 Å². The van der Waals surface area contributed by atoms with E-state index in [1.165, 1.54) is 29.1 Å².